The lowest BCUT2D eigenvalue weighted by Gasteiger charge is -2.26. The molecule has 6 nitrogen and oxygen atoms in total. The Morgan fingerprint density at radius 2 is 1.79 bits per heavy atom. The third-order valence-corrected chi connectivity index (χ3v) is 5.83. The van der Waals surface area contributed by atoms with Crippen LogP contribution in [0.25, 0.3) is 0 Å². The van der Waals surface area contributed by atoms with Crippen LogP contribution in [-0.4, -0.2) is 37.1 Å². The minimum atomic E-state index is -0.593. The summed E-state index contributed by atoms with van der Waals surface area (Å²) in [6.45, 7) is 1.27. The maximum absolute atomic E-state index is 12.6. The van der Waals surface area contributed by atoms with Crippen LogP contribution < -0.4 is 16.4 Å². The molecule has 0 bridgehead atoms. The highest BCUT2D eigenvalue weighted by Gasteiger charge is 2.27. The highest BCUT2D eigenvalue weighted by molar-refractivity contribution is 6.34. The number of nitrogens with two attached hydrogens (primary N) is 1. The molecule has 156 valence electrons. The molecule has 4 N–H and O–H groups in total. The molecule has 3 rings (SSSR count). The molecule has 1 unspecified atom stereocenters. The van der Waals surface area contributed by atoms with Gasteiger partial charge in [-0.2, -0.15) is 0 Å². The normalized spacial score (nSPS) is 19.4. The van der Waals surface area contributed by atoms with Crippen LogP contribution in [0.1, 0.15) is 55.3 Å². The van der Waals surface area contributed by atoms with E-state index in [2.05, 4.69) is 10.6 Å². The van der Waals surface area contributed by atoms with Crippen molar-refractivity contribution in [2.45, 2.75) is 57.0 Å². The molecular formula is C20H29Cl2N3O3. The average molecular weight is 430 g/mol. The highest BCUT2D eigenvalue weighted by Crippen LogP contribution is 2.24. The van der Waals surface area contributed by atoms with Gasteiger partial charge < -0.3 is 21.1 Å². The van der Waals surface area contributed by atoms with Gasteiger partial charge in [-0.15, -0.1) is 12.4 Å². The van der Waals surface area contributed by atoms with Crippen LogP contribution in [0.4, 0.5) is 5.69 Å². The lowest BCUT2D eigenvalue weighted by Crippen LogP contribution is -2.44. The summed E-state index contributed by atoms with van der Waals surface area (Å²) in [5, 5.41) is 6.25. The Morgan fingerprint density at radius 1 is 1.11 bits per heavy atom. The number of nitrogens with one attached hydrogen (secondary N) is 2. The van der Waals surface area contributed by atoms with Gasteiger partial charge in [-0.05, 0) is 49.8 Å². The first-order chi connectivity index (χ1) is 13.0. The Balaban J connectivity index is 0.00000280. The van der Waals surface area contributed by atoms with E-state index in [0.29, 0.717) is 29.5 Å². The Labute approximate surface area is 177 Å². The fraction of sp³-hybridized carbons (Fsp3) is 0.600. The first-order valence-corrected chi connectivity index (χ1v) is 10.2. The lowest BCUT2D eigenvalue weighted by molar-refractivity contribution is -0.119. The highest BCUT2D eigenvalue weighted by atomic mass is 35.5. The van der Waals surface area contributed by atoms with E-state index >= 15 is 0 Å². The van der Waals surface area contributed by atoms with Crippen LogP contribution in [0.5, 0.6) is 0 Å². The quantitative estimate of drug-likeness (QED) is 0.667. The zero-order chi connectivity index (χ0) is 19.2. The molecule has 2 aliphatic rings. The van der Waals surface area contributed by atoms with Crippen molar-refractivity contribution in [1.29, 1.82) is 0 Å². The number of rotatable bonds is 5. The van der Waals surface area contributed by atoms with E-state index in [1.165, 1.54) is 6.42 Å². The molecule has 0 radical (unpaired) electrons. The molecule has 1 aromatic carbocycles. The molecule has 2 amide bonds. The minimum absolute atomic E-state index is 0. The number of carbonyl (C=O) groups is 2. The Bertz CT molecular complexity index is 675. The molecule has 28 heavy (non-hydrogen) atoms. The van der Waals surface area contributed by atoms with E-state index < -0.39 is 6.04 Å². The summed E-state index contributed by atoms with van der Waals surface area (Å²) >= 11 is 6.22. The predicted molar refractivity (Wildman–Crippen MR) is 113 cm³/mol. The number of anilines is 1. The number of carbonyl (C=O) groups excluding carboxylic acids is 2. The molecular weight excluding hydrogens is 401 g/mol. The number of benzene rings is 1. The molecule has 1 saturated heterocycles. The Morgan fingerprint density at radius 3 is 2.46 bits per heavy atom. The summed E-state index contributed by atoms with van der Waals surface area (Å²) in [5.74, 6) is -0.334. The van der Waals surface area contributed by atoms with Crippen LogP contribution in [0, 0.1) is 5.92 Å². The van der Waals surface area contributed by atoms with Crippen molar-refractivity contribution in [1.82, 2.24) is 5.32 Å². The van der Waals surface area contributed by atoms with Crippen molar-refractivity contribution in [2.24, 2.45) is 11.7 Å². The van der Waals surface area contributed by atoms with E-state index in [1.807, 2.05) is 0 Å². The summed E-state index contributed by atoms with van der Waals surface area (Å²) in [5.41, 5.74) is 7.02. The average Bonchev–Trinajstić information content (AvgIpc) is 2.70. The fourth-order valence-corrected chi connectivity index (χ4v) is 4.01. The van der Waals surface area contributed by atoms with E-state index in [4.69, 9.17) is 22.1 Å². The zero-order valence-electron chi connectivity index (χ0n) is 15.9. The second-order valence-electron chi connectivity index (χ2n) is 7.47. The van der Waals surface area contributed by atoms with Crippen molar-refractivity contribution in [3.63, 3.8) is 0 Å². The van der Waals surface area contributed by atoms with Crippen molar-refractivity contribution in [2.75, 3.05) is 18.5 Å². The summed E-state index contributed by atoms with van der Waals surface area (Å²) in [4.78, 5) is 25.1. The molecule has 1 atom stereocenters. The summed E-state index contributed by atoms with van der Waals surface area (Å²) in [7, 11) is 0. The molecule has 1 aliphatic carbocycles. The number of halogens is 2. The van der Waals surface area contributed by atoms with Gasteiger partial charge in [0.2, 0.25) is 5.91 Å². The third-order valence-electron chi connectivity index (χ3n) is 5.50. The molecule has 1 aliphatic heterocycles. The Kier molecular flexibility index (Phi) is 9.02. The number of hydrogen-bond donors (Lipinski definition) is 3. The number of hydrogen-bond acceptors (Lipinski definition) is 4. The summed E-state index contributed by atoms with van der Waals surface area (Å²) < 4.78 is 5.32. The van der Waals surface area contributed by atoms with Crippen LogP contribution in [0.3, 0.4) is 0 Å². The lowest BCUT2D eigenvalue weighted by atomic mass is 9.92. The number of ether oxygens (including phenoxy) is 1. The van der Waals surface area contributed by atoms with Gasteiger partial charge in [-0.3, -0.25) is 9.59 Å². The molecule has 0 aromatic heterocycles. The topological polar surface area (TPSA) is 93.5 Å². The summed E-state index contributed by atoms with van der Waals surface area (Å²) in [6.07, 6.45) is 7.06. The predicted octanol–water partition coefficient (Wildman–Crippen LogP) is 3.52. The smallest absolute Gasteiger partial charge is 0.253 e. The molecule has 8 heteroatoms. The van der Waals surface area contributed by atoms with Crippen LogP contribution in [0.2, 0.25) is 5.02 Å². The fourth-order valence-electron chi connectivity index (χ4n) is 3.80. The maximum Gasteiger partial charge on any atom is 0.253 e. The second-order valence-corrected chi connectivity index (χ2v) is 7.88. The molecule has 1 heterocycles. The minimum Gasteiger partial charge on any atom is -0.381 e. The van der Waals surface area contributed by atoms with Gasteiger partial charge in [0.15, 0.2) is 0 Å². The van der Waals surface area contributed by atoms with Gasteiger partial charge in [-0.1, -0.05) is 30.9 Å². The van der Waals surface area contributed by atoms with E-state index in [0.717, 1.165) is 38.5 Å². The molecule has 1 saturated carbocycles. The molecule has 0 spiro atoms. The molecule has 1 aromatic rings. The maximum atomic E-state index is 12.6. The zero-order valence-corrected chi connectivity index (χ0v) is 17.5. The van der Waals surface area contributed by atoms with Crippen LogP contribution in [-0.2, 0) is 9.53 Å². The summed E-state index contributed by atoms with van der Waals surface area (Å²) in [6, 6.07) is 4.54. The van der Waals surface area contributed by atoms with Gasteiger partial charge in [0.05, 0.1) is 16.6 Å². The van der Waals surface area contributed by atoms with Crippen molar-refractivity contribution in [3.05, 3.63) is 28.8 Å². The largest absolute Gasteiger partial charge is 0.381 e. The van der Waals surface area contributed by atoms with E-state index in [1.54, 1.807) is 18.2 Å². The van der Waals surface area contributed by atoms with Crippen LogP contribution >= 0.6 is 24.0 Å². The van der Waals surface area contributed by atoms with E-state index in [-0.39, 0.29) is 36.2 Å². The van der Waals surface area contributed by atoms with Gasteiger partial charge in [0.1, 0.15) is 0 Å². The third kappa shape index (κ3) is 6.08. The van der Waals surface area contributed by atoms with Gasteiger partial charge in [-0.25, -0.2) is 0 Å². The molecule has 2 fully saturated rings. The van der Waals surface area contributed by atoms with Gasteiger partial charge in [0.25, 0.3) is 5.91 Å². The monoisotopic (exact) mass is 429 g/mol. The van der Waals surface area contributed by atoms with E-state index in [9.17, 15) is 9.59 Å². The standard InChI is InChI=1S/C20H28ClN3O3.ClH/c21-17-7-6-15(24-20(26)18(22)13-8-10-27-11-9-13)12-16(17)19(25)23-14-4-2-1-3-5-14;/h6-7,12-14,18H,1-5,8-11,22H2,(H,23,25)(H,24,26);1H. The number of amides is 2. The van der Waals surface area contributed by atoms with Gasteiger partial charge >= 0.3 is 0 Å². The first kappa shape index (κ1) is 22.9. The first-order valence-electron chi connectivity index (χ1n) is 9.79. The van der Waals surface area contributed by atoms with Crippen LogP contribution in [0.15, 0.2) is 18.2 Å². The van der Waals surface area contributed by atoms with Gasteiger partial charge in [0, 0.05) is 24.9 Å². The van der Waals surface area contributed by atoms with Crippen molar-refractivity contribution < 1.29 is 14.3 Å². The SMILES string of the molecule is Cl.NC(C(=O)Nc1ccc(Cl)c(C(=O)NC2CCCCC2)c1)C1CCOCC1. The van der Waals surface area contributed by atoms with Crippen molar-refractivity contribution >= 4 is 41.5 Å². The Hall–Kier alpha value is -1.34. The second kappa shape index (κ2) is 11.0. The van der Waals surface area contributed by atoms with Crippen molar-refractivity contribution in [3.8, 4) is 0 Å².